The largest absolute Gasteiger partial charge is 0.468 e. The Morgan fingerprint density at radius 2 is 2.11 bits per heavy atom. The zero-order valence-corrected chi connectivity index (χ0v) is 11.8. The lowest BCUT2D eigenvalue weighted by Crippen LogP contribution is -2.37. The quantitative estimate of drug-likeness (QED) is 0.580. The molecule has 1 aromatic rings. The lowest BCUT2D eigenvalue weighted by atomic mass is 10.2. The van der Waals surface area contributed by atoms with Crippen molar-refractivity contribution in [3.05, 3.63) is 35.9 Å². The summed E-state index contributed by atoms with van der Waals surface area (Å²) < 4.78 is 4.82. The van der Waals surface area contributed by atoms with E-state index in [-0.39, 0.29) is 12.0 Å². The number of thioether (sulfide) groups is 1. The van der Waals surface area contributed by atoms with Gasteiger partial charge in [-0.05, 0) is 23.5 Å². The number of nitrogens with one attached hydrogen (secondary N) is 1. The van der Waals surface area contributed by atoms with Gasteiger partial charge in [0.2, 0.25) is 0 Å². The molecule has 0 saturated heterocycles. The average molecular weight is 267 g/mol. The van der Waals surface area contributed by atoms with Crippen LogP contribution in [-0.2, 0) is 16.1 Å². The smallest absolute Gasteiger partial charge is 0.322 e. The van der Waals surface area contributed by atoms with Crippen LogP contribution >= 0.6 is 11.8 Å². The summed E-state index contributed by atoms with van der Waals surface area (Å²) in [6, 6.07) is 9.85. The van der Waals surface area contributed by atoms with Gasteiger partial charge in [-0.3, -0.25) is 4.79 Å². The Labute approximate surface area is 113 Å². The maximum Gasteiger partial charge on any atom is 0.322 e. The molecule has 4 heteroatoms. The third-order valence-corrected chi connectivity index (χ3v) is 3.57. The number of benzene rings is 1. The highest BCUT2D eigenvalue weighted by atomic mass is 32.2. The lowest BCUT2D eigenvalue weighted by Gasteiger charge is -2.16. The molecule has 1 unspecified atom stereocenters. The van der Waals surface area contributed by atoms with Gasteiger partial charge in [0, 0.05) is 6.54 Å². The molecule has 1 aromatic carbocycles. The van der Waals surface area contributed by atoms with Gasteiger partial charge in [-0.2, -0.15) is 11.8 Å². The van der Waals surface area contributed by atoms with Crippen molar-refractivity contribution in [3.8, 4) is 0 Å². The molecule has 18 heavy (non-hydrogen) atoms. The van der Waals surface area contributed by atoms with E-state index in [0.29, 0.717) is 6.54 Å². The van der Waals surface area contributed by atoms with Gasteiger partial charge in [0.05, 0.1) is 7.11 Å². The topological polar surface area (TPSA) is 38.3 Å². The fraction of sp³-hybridized carbons (Fsp3) is 0.500. The van der Waals surface area contributed by atoms with Crippen molar-refractivity contribution in [1.29, 1.82) is 0 Å². The molecule has 1 N–H and O–H groups in total. The fourth-order valence-corrected chi connectivity index (χ4v) is 2.32. The van der Waals surface area contributed by atoms with Gasteiger partial charge in [-0.15, -0.1) is 0 Å². The first kappa shape index (κ1) is 15.1. The first-order chi connectivity index (χ1) is 8.77. The molecule has 100 valence electrons. The highest BCUT2D eigenvalue weighted by Gasteiger charge is 2.17. The van der Waals surface area contributed by atoms with Crippen LogP contribution < -0.4 is 5.32 Å². The van der Waals surface area contributed by atoms with Crippen molar-refractivity contribution >= 4 is 17.7 Å². The van der Waals surface area contributed by atoms with Gasteiger partial charge in [-0.25, -0.2) is 0 Å². The van der Waals surface area contributed by atoms with Gasteiger partial charge >= 0.3 is 5.97 Å². The van der Waals surface area contributed by atoms with E-state index in [1.807, 2.05) is 42.1 Å². The SMILES string of the molecule is CCSCCC(NCc1ccccc1)C(=O)OC. The molecule has 0 aliphatic heterocycles. The highest BCUT2D eigenvalue weighted by molar-refractivity contribution is 7.99. The van der Waals surface area contributed by atoms with Crippen molar-refractivity contribution in [1.82, 2.24) is 5.32 Å². The maximum absolute atomic E-state index is 11.6. The summed E-state index contributed by atoms with van der Waals surface area (Å²) in [5.41, 5.74) is 1.18. The zero-order valence-electron chi connectivity index (χ0n) is 11.0. The van der Waals surface area contributed by atoms with Gasteiger partial charge in [-0.1, -0.05) is 37.3 Å². The number of carbonyl (C=O) groups is 1. The van der Waals surface area contributed by atoms with E-state index in [9.17, 15) is 4.79 Å². The minimum absolute atomic E-state index is 0.178. The van der Waals surface area contributed by atoms with Crippen LogP contribution in [0.1, 0.15) is 18.9 Å². The van der Waals surface area contributed by atoms with Crippen LogP contribution in [0.5, 0.6) is 0 Å². The monoisotopic (exact) mass is 267 g/mol. The number of hydrogen-bond acceptors (Lipinski definition) is 4. The normalized spacial score (nSPS) is 12.1. The van der Waals surface area contributed by atoms with Crippen LogP contribution in [0.4, 0.5) is 0 Å². The Morgan fingerprint density at radius 3 is 2.72 bits per heavy atom. The number of methoxy groups -OCH3 is 1. The van der Waals surface area contributed by atoms with Crippen LogP contribution in [0.2, 0.25) is 0 Å². The van der Waals surface area contributed by atoms with Crippen molar-refractivity contribution in [3.63, 3.8) is 0 Å². The third kappa shape index (κ3) is 5.56. The molecule has 3 nitrogen and oxygen atoms in total. The molecule has 0 saturated carbocycles. The minimum Gasteiger partial charge on any atom is -0.468 e. The summed E-state index contributed by atoms with van der Waals surface area (Å²) in [5.74, 6) is 1.87. The predicted molar refractivity (Wildman–Crippen MR) is 76.7 cm³/mol. The summed E-state index contributed by atoms with van der Waals surface area (Å²) >= 11 is 1.84. The summed E-state index contributed by atoms with van der Waals surface area (Å²) in [6.07, 6.45) is 0.804. The second-order valence-corrected chi connectivity index (χ2v) is 5.32. The highest BCUT2D eigenvalue weighted by Crippen LogP contribution is 2.07. The molecule has 0 amide bonds. The molecule has 0 heterocycles. The number of rotatable bonds is 8. The Balaban J connectivity index is 2.43. The van der Waals surface area contributed by atoms with Crippen LogP contribution in [0.25, 0.3) is 0 Å². The second kappa shape index (κ2) is 9.00. The molecular weight excluding hydrogens is 246 g/mol. The lowest BCUT2D eigenvalue weighted by molar-refractivity contribution is -0.143. The Kier molecular flexibility index (Phi) is 7.53. The fourth-order valence-electron chi connectivity index (χ4n) is 1.63. The average Bonchev–Trinajstić information content (AvgIpc) is 2.43. The van der Waals surface area contributed by atoms with E-state index in [0.717, 1.165) is 17.9 Å². The maximum atomic E-state index is 11.6. The Hall–Kier alpha value is -1.00. The first-order valence-electron chi connectivity index (χ1n) is 6.20. The Morgan fingerprint density at radius 1 is 1.39 bits per heavy atom. The van der Waals surface area contributed by atoms with Crippen LogP contribution in [0.15, 0.2) is 30.3 Å². The third-order valence-electron chi connectivity index (χ3n) is 2.64. The van der Waals surface area contributed by atoms with Crippen LogP contribution in [0, 0.1) is 0 Å². The number of carbonyl (C=O) groups excluding carboxylic acids is 1. The molecule has 0 spiro atoms. The zero-order chi connectivity index (χ0) is 13.2. The number of hydrogen-bond donors (Lipinski definition) is 1. The molecule has 0 aromatic heterocycles. The molecule has 0 bridgehead atoms. The van der Waals surface area contributed by atoms with Gasteiger partial charge in [0.15, 0.2) is 0 Å². The molecular formula is C14H21NO2S. The van der Waals surface area contributed by atoms with E-state index in [4.69, 9.17) is 4.74 Å². The number of ether oxygens (including phenoxy) is 1. The predicted octanol–water partition coefficient (Wildman–Crippen LogP) is 2.46. The van der Waals surface area contributed by atoms with E-state index in [2.05, 4.69) is 12.2 Å². The van der Waals surface area contributed by atoms with E-state index in [1.165, 1.54) is 12.7 Å². The molecule has 0 fully saturated rings. The molecule has 1 rings (SSSR count). The van der Waals surface area contributed by atoms with Gasteiger partial charge in [0.25, 0.3) is 0 Å². The molecule has 0 radical (unpaired) electrons. The van der Waals surface area contributed by atoms with Crippen molar-refractivity contribution in [2.24, 2.45) is 0 Å². The van der Waals surface area contributed by atoms with E-state index < -0.39 is 0 Å². The minimum atomic E-state index is -0.214. The second-order valence-electron chi connectivity index (χ2n) is 3.93. The summed E-state index contributed by atoms with van der Waals surface area (Å²) in [6.45, 7) is 2.81. The first-order valence-corrected chi connectivity index (χ1v) is 7.36. The molecule has 1 atom stereocenters. The van der Waals surface area contributed by atoms with Crippen LogP contribution in [0.3, 0.4) is 0 Å². The summed E-state index contributed by atoms with van der Waals surface area (Å²) in [7, 11) is 1.44. The molecule has 0 aliphatic rings. The molecule has 0 aliphatic carbocycles. The van der Waals surface area contributed by atoms with Crippen molar-refractivity contribution < 1.29 is 9.53 Å². The Bertz CT molecular complexity index is 343. The van der Waals surface area contributed by atoms with E-state index >= 15 is 0 Å². The van der Waals surface area contributed by atoms with Gasteiger partial charge in [0.1, 0.15) is 6.04 Å². The van der Waals surface area contributed by atoms with Crippen molar-refractivity contribution in [2.75, 3.05) is 18.6 Å². The number of esters is 1. The van der Waals surface area contributed by atoms with Crippen LogP contribution in [-0.4, -0.2) is 30.6 Å². The summed E-state index contributed by atoms with van der Waals surface area (Å²) in [4.78, 5) is 11.6. The standard InChI is InChI=1S/C14H21NO2S/c1-3-18-10-9-13(14(16)17-2)15-11-12-7-5-4-6-8-12/h4-8,13,15H,3,9-11H2,1-2H3. The van der Waals surface area contributed by atoms with E-state index in [1.54, 1.807) is 0 Å². The van der Waals surface area contributed by atoms with Gasteiger partial charge < -0.3 is 10.1 Å². The van der Waals surface area contributed by atoms with Crippen molar-refractivity contribution in [2.45, 2.75) is 25.9 Å². The summed E-state index contributed by atoms with van der Waals surface area (Å²) in [5, 5.41) is 3.26.